The van der Waals surface area contributed by atoms with Gasteiger partial charge in [0.15, 0.2) is 0 Å². The van der Waals surface area contributed by atoms with Crippen molar-refractivity contribution in [3.63, 3.8) is 0 Å². The van der Waals surface area contributed by atoms with E-state index < -0.39 is 5.82 Å². The standard InChI is InChI=1S/C10H6FNOS/c11-8-2-1-6(4-13)10-9(8)7(3-12)5-14-10/h1-2,5,13H,4H2. The Hall–Kier alpha value is -1.44. The molecule has 0 amide bonds. The molecule has 2 nitrogen and oxygen atoms in total. The lowest BCUT2D eigenvalue weighted by Crippen LogP contribution is -1.86. The number of nitriles is 1. The number of hydrogen-bond acceptors (Lipinski definition) is 3. The van der Waals surface area contributed by atoms with E-state index in [0.29, 0.717) is 21.2 Å². The number of thiophene rings is 1. The first-order valence-electron chi connectivity index (χ1n) is 3.97. The number of fused-ring (bicyclic) bond motifs is 1. The topological polar surface area (TPSA) is 44.0 Å². The predicted molar refractivity (Wildman–Crippen MR) is 52.4 cm³/mol. The number of benzene rings is 1. The maximum Gasteiger partial charge on any atom is 0.133 e. The molecule has 1 aromatic carbocycles. The lowest BCUT2D eigenvalue weighted by Gasteiger charge is -1.99. The molecule has 0 aliphatic carbocycles. The summed E-state index contributed by atoms with van der Waals surface area (Å²) in [6.45, 7) is -0.137. The number of nitrogens with zero attached hydrogens (tertiary/aromatic N) is 1. The molecule has 2 rings (SSSR count). The molecule has 0 spiro atoms. The van der Waals surface area contributed by atoms with Crippen LogP contribution < -0.4 is 0 Å². The number of aliphatic hydroxyl groups excluding tert-OH is 1. The molecule has 4 heteroatoms. The molecule has 0 unspecified atom stereocenters. The first-order chi connectivity index (χ1) is 6.77. The zero-order chi connectivity index (χ0) is 10.1. The SMILES string of the molecule is N#Cc1csc2c(CO)ccc(F)c12. The van der Waals surface area contributed by atoms with E-state index in [-0.39, 0.29) is 6.61 Å². The summed E-state index contributed by atoms with van der Waals surface area (Å²) in [5.41, 5.74) is 0.991. The molecule has 0 atom stereocenters. The summed E-state index contributed by atoms with van der Waals surface area (Å²) in [6, 6.07) is 4.75. The van der Waals surface area contributed by atoms with Gasteiger partial charge in [-0.2, -0.15) is 5.26 Å². The fourth-order valence-electron chi connectivity index (χ4n) is 1.37. The maximum atomic E-state index is 13.4. The van der Waals surface area contributed by atoms with E-state index in [2.05, 4.69) is 0 Å². The number of aliphatic hydroxyl groups is 1. The van der Waals surface area contributed by atoms with Crippen molar-refractivity contribution < 1.29 is 9.50 Å². The molecule has 1 aromatic heterocycles. The molecule has 0 radical (unpaired) electrons. The average molecular weight is 207 g/mol. The maximum absolute atomic E-state index is 13.4. The molecule has 1 N–H and O–H groups in total. The van der Waals surface area contributed by atoms with Crippen LogP contribution in [0.4, 0.5) is 4.39 Å². The Kier molecular flexibility index (Phi) is 2.20. The zero-order valence-corrected chi connectivity index (χ0v) is 7.94. The highest BCUT2D eigenvalue weighted by Gasteiger charge is 2.11. The summed E-state index contributed by atoms with van der Waals surface area (Å²) in [4.78, 5) is 0. The minimum Gasteiger partial charge on any atom is -0.392 e. The van der Waals surface area contributed by atoms with Crippen LogP contribution in [0.1, 0.15) is 11.1 Å². The van der Waals surface area contributed by atoms with Crippen molar-refractivity contribution >= 4 is 21.4 Å². The molecule has 0 aliphatic heterocycles. The van der Waals surface area contributed by atoms with Gasteiger partial charge >= 0.3 is 0 Å². The highest BCUT2D eigenvalue weighted by molar-refractivity contribution is 7.17. The van der Waals surface area contributed by atoms with Crippen molar-refractivity contribution in [2.24, 2.45) is 0 Å². The van der Waals surface area contributed by atoms with E-state index in [1.807, 2.05) is 6.07 Å². The summed E-state index contributed by atoms with van der Waals surface area (Å²) >= 11 is 1.28. The fourth-order valence-corrected chi connectivity index (χ4v) is 2.39. The van der Waals surface area contributed by atoms with Gasteiger partial charge < -0.3 is 5.11 Å². The van der Waals surface area contributed by atoms with Gasteiger partial charge in [0.2, 0.25) is 0 Å². The van der Waals surface area contributed by atoms with Gasteiger partial charge in [-0.1, -0.05) is 6.07 Å². The van der Waals surface area contributed by atoms with Gasteiger partial charge in [-0.05, 0) is 11.6 Å². The summed E-state index contributed by atoms with van der Waals surface area (Å²) in [7, 11) is 0. The number of rotatable bonds is 1. The second-order valence-electron chi connectivity index (χ2n) is 2.83. The van der Waals surface area contributed by atoms with Crippen molar-refractivity contribution in [3.8, 4) is 6.07 Å². The minimum atomic E-state index is -0.407. The average Bonchev–Trinajstić information content (AvgIpc) is 2.63. The van der Waals surface area contributed by atoms with Crippen molar-refractivity contribution in [3.05, 3.63) is 34.5 Å². The van der Waals surface area contributed by atoms with E-state index in [9.17, 15) is 4.39 Å². The normalized spacial score (nSPS) is 10.4. The second-order valence-corrected chi connectivity index (χ2v) is 3.71. The van der Waals surface area contributed by atoms with Crippen molar-refractivity contribution in [1.29, 1.82) is 5.26 Å². The number of hydrogen-bond donors (Lipinski definition) is 1. The Morgan fingerprint density at radius 3 is 2.93 bits per heavy atom. The Balaban J connectivity index is 2.89. The van der Waals surface area contributed by atoms with Gasteiger partial charge in [0.1, 0.15) is 11.9 Å². The molecule has 0 aliphatic rings. The lowest BCUT2D eigenvalue weighted by molar-refractivity contribution is 0.283. The summed E-state index contributed by atoms with van der Waals surface area (Å²) in [5.74, 6) is -0.407. The van der Waals surface area contributed by atoms with Crippen LogP contribution >= 0.6 is 11.3 Å². The summed E-state index contributed by atoms with van der Waals surface area (Å²) in [6.07, 6.45) is 0. The lowest BCUT2D eigenvalue weighted by atomic mass is 10.1. The van der Waals surface area contributed by atoms with Crippen LogP contribution in [0.25, 0.3) is 10.1 Å². The molecule has 0 fully saturated rings. The molecule has 0 saturated heterocycles. The molecular formula is C10H6FNOS. The van der Waals surface area contributed by atoms with Gasteiger partial charge in [0.25, 0.3) is 0 Å². The number of halogens is 1. The Morgan fingerprint density at radius 2 is 2.29 bits per heavy atom. The molecule has 0 saturated carbocycles. The first-order valence-corrected chi connectivity index (χ1v) is 4.85. The third-order valence-corrected chi connectivity index (χ3v) is 3.10. The minimum absolute atomic E-state index is 0.137. The fraction of sp³-hybridized carbons (Fsp3) is 0.100. The van der Waals surface area contributed by atoms with Crippen molar-refractivity contribution in [1.82, 2.24) is 0 Å². The van der Waals surface area contributed by atoms with Crippen molar-refractivity contribution in [2.75, 3.05) is 0 Å². The van der Waals surface area contributed by atoms with Gasteiger partial charge in [-0.15, -0.1) is 11.3 Å². The van der Waals surface area contributed by atoms with Gasteiger partial charge in [0, 0.05) is 15.5 Å². The smallest absolute Gasteiger partial charge is 0.133 e. The van der Waals surface area contributed by atoms with E-state index in [1.54, 1.807) is 5.38 Å². The van der Waals surface area contributed by atoms with Crippen molar-refractivity contribution in [2.45, 2.75) is 6.61 Å². The Bertz CT molecular complexity index is 527. The van der Waals surface area contributed by atoms with E-state index in [4.69, 9.17) is 10.4 Å². The molecule has 0 bridgehead atoms. The summed E-state index contributed by atoms with van der Waals surface area (Å²) < 4.78 is 14.0. The van der Waals surface area contributed by atoms with Crippen LogP contribution in [0.2, 0.25) is 0 Å². The largest absolute Gasteiger partial charge is 0.392 e. The second kappa shape index (κ2) is 3.37. The molecular weight excluding hydrogens is 201 g/mol. The molecule has 70 valence electrons. The van der Waals surface area contributed by atoms with Crippen LogP contribution in [0.15, 0.2) is 17.5 Å². The van der Waals surface area contributed by atoms with Gasteiger partial charge in [0.05, 0.1) is 12.2 Å². The van der Waals surface area contributed by atoms with E-state index in [1.165, 1.54) is 23.5 Å². The zero-order valence-electron chi connectivity index (χ0n) is 7.12. The summed E-state index contributed by atoms with van der Waals surface area (Å²) in [5, 5.41) is 19.7. The molecule has 2 aromatic rings. The van der Waals surface area contributed by atoms with E-state index >= 15 is 0 Å². The third kappa shape index (κ3) is 1.18. The Labute approximate surface area is 83.8 Å². The molecule has 1 heterocycles. The first kappa shape index (κ1) is 9.13. The highest BCUT2D eigenvalue weighted by atomic mass is 32.1. The monoisotopic (exact) mass is 207 g/mol. The predicted octanol–water partition coefficient (Wildman–Crippen LogP) is 2.40. The quantitative estimate of drug-likeness (QED) is 0.780. The van der Waals surface area contributed by atoms with Crippen LogP contribution in [0, 0.1) is 17.1 Å². The Morgan fingerprint density at radius 1 is 1.50 bits per heavy atom. The highest BCUT2D eigenvalue weighted by Crippen LogP contribution is 2.30. The van der Waals surface area contributed by atoms with Crippen LogP contribution in [-0.2, 0) is 6.61 Å². The molecule has 14 heavy (non-hydrogen) atoms. The van der Waals surface area contributed by atoms with Gasteiger partial charge in [-0.3, -0.25) is 0 Å². The van der Waals surface area contributed by atoms with Gasteiger partial charge in [-0.25, -0.2) is 4.39 Å². The van der Waals surface area contributed by atoms with E-state index in [0.717, 1.165) is 0 Å². The van der Waals surface area contributed by atoms with Crippen LogP contribution in [-0.4, -0.2) is 5.11 Å². The van der Waals surface area contributed by atoms with Crippen LogP contribution in [0.3, 0.4) is 0 Å². The van der Waals surface area contributed by atoms with Crippen LogP contribution in [0.5, 0.6) is 0 Å². The third-order valence-electron chi connectivity index (χ3n) is 2.04.